The summed E-state index contributed by atoms with van der Waals surface area (Å²) in [7, 11) is 0. The number of rotatable bonds is 7. The minimum absolute atomic E-state index is 0.514. The second kappa shape index (κ2) is 7.55. The summed E-state index contributed by atoms with van der Waals surface area (Å²) >= 11 is 1.93. The second-order valence-corrected chi connectivity index (χ2v) is 6.17. The van der Waals surface area contributed by atoms with E-state index in [2.05, 4.69) is 19.1 Å². The monoisotopic (exact) mass is 290 g/mol. The highest BCUT2D eigenvalue weighted by Gasteiger charge is 2.12. The van der Waals surface area contributed by atoms with Crippen molar-refractivity contribution in [3.05, 3.63) is 42.0 Å². The number of hydrogen-bond donors (Lipinski definition) is 1. The number of aliphatic hydroxyl groups excluding tert-OH is 1. The van der Waals surface area contributed by atoms with Gasteiger partial charge in [-0.25, -0.2) is 0 Å². The Morgan fingerprint density at radius 1 is 1.20 bits per heavy atom. The van der Waals surface area contributed by atoms with Crippen molar-refractivity contribution in [2.24, 2.45) is 0 Å². The fourth-order valence-corrected chi connectivity index (χ4v) is 2.84. The van der Waals surface area contributed by atoms with Crippen LogP contribution in [0, 0.1) is 0 Å². The Labute approximate surface area is 125 Å². The maximum absolute atomic E-state index is 9.92. The van der Waals surface area contributed by atoms with Crippen LogP contribution in [0.2, 0.25) is 0 Å². The average molecular weight is 290 g/mol. The fraction of sp³-hybridized carbons (Fsp3) is 0.412. The molecule has 0 aliphatic carbocycles. The van der Waals surface area contributed by atoms with Gasteiger partial charge in [-0.15, -0.1) is 0 Å². The number of thioether (sulfide) groups is 1. The quantitative estimate of drug-likeness (QED) is 0.766. The first-order valence-corrected chi connectivity index (χ1v) is 8.29. The van der Waals surface area contributed by atoms with Crippen LogP contribution in [0.5, 0.6) is 5.75 Å². The molecular weight excluding hydrogens is 268 g/mol. The minimum Gasteiger partial charge on any atom is -0.493 e. The van der Waals surface area contributed by atoms with E-state index in [9.17, 15) is 5.11 Å². The molecule has 20 heavy (non-hydrogen) atoms. The molecule has 0 saturated carbocycles. The second-order valence-electron chi connectivity index (χ2n) is 4.78. The van der Waals surface area contributed by atoms with Crippen molar-refractivity contribution >= 4 is 22.5 Å². The molecule has 0 unspecified atom stereocenters. The average Bonchev–Trinajstić information content (AvgIpc) is 2.46. The molecule has 2 aromatic carbocycles. The first-order chi connectivity index (χ1) is 9.74. The molecule has 1 N–H and O–H groups in total. The third-order valence-corrected chi connectivity index (χ3v) is 4.23. The molecule has 2 rings (SSSR count). The van der Waals surface area contributed by atoms with E-state index in [1.165, 1.54) is 0 Å². The van der Waals surface area contributed by atoms with Crippen molar-refractivity contribution in [2.45, 2.75) is 26.4 Å². The van der Waals surface area contributed by atoms with Gasteiger partial charge in [0.15, 0.2) is 0 Å². The minimum atomic E-state index is -0.514. The predicted octanol–water partition coefficient (Wildman–Crippen LogP) is 4.42. The number of hydrogen-bond acceptors (Lipinski definition) is 3. The summed E-state index contributed by atoms with van der Waals surface area (Å²) in [6.07, 6.45) is 0.515. The van der Waals surface area contributed by atoms with E-state index in [0.29, 0.717) is 6.61 Å². The van der Waals surface area contributed by atoms with Crippen molar-refractivity contribution in [3.8, 4) is 5.75 Å². The summed E-state index contributed by atoms with van der Waals surface area (Å²) in [5.74, 6) is 3.10. The zero-order valence-corrected chi connectivity index (χ0v) is 13.0. The molecule has 0 radical (unpaired) electrons. The Hall–Kier alpha value is -1.19. The topological polar surface area (TPSA) is 29.5 Å². The maximum Gasteiger partial charge on any atom is 0.132 e. The van der Waals surface area contributed by atoms with E-state index in [4.69, 9.17) is 4.74 Å². The molecule has 0 saturated heterocycles. The van der Waals surface area contributed by atoms with Crippen molar-refractivity contribution in [2.75, 3.05) is 18.1 Å². The van der Waals surface area contributed by atoms with Gasteiger partial charge in [0.2, 0.25) is 0 Å². The van der Waals surface area contributed by atoms with Crippen molar-refractivity contribution in [1.29, 1.82) is 0 Å². The van der Waals surface area contributed by atoms with Gasteiger partial charge in [0.05, 0.1) is 12.7 Å². The lowest BCUT2D eigenvalue weighted by Gasteiger charge is -2.16. The fourth-order valence-electron chi connectivity index (χ4n) is 2.23. The molecule has 0 aliphatic rings. The molecule has 0 spiro atoms. The van der Waals surface area contributed by atoms with Gasteiger partial charge in [0, 0.05) is 10.9 Å². The number of fused-ring (bicyclic) bond motifs is 1. The van der Waals surface area contributed by atoms with E-state index in [0.717, 1.165) is 40.0 Å². The van der Waals surface area contributed by atoms with E-state index in [1.807, 2.05) is 36.0 Å². The van der Waals surface area contributed by atoms with Gasteiger partial charge in [0.1, 0.15) is 5.75 Å². The molecule has 1 atom stereocenters. The maximum atomic E-state index is 9.92. The van der Waals surface area contributed by atoms with Crippen molar-refractivity contribution in [1.82, 2.24) is 0 Å². The van der Waals surface area contributed by atoms with Crippen LogP contribution in [-0.4, -0.2) is 23.2 Å². The van der Waals surface area contributed by atoms with Crippen LogP contribution in [0.4, 0.5) is 0 Å². The van der Waals surface area contributed by atoms with E-state index in [-0.39, 0.29) is 0 Å². The third kappa shape index (κ3) is 3.68. The Morgan fingerprint density at radius 3 is 2.75 bits per heavy atom. The molecule has 0 heterocycles. The highest BCUT2D eigenvalue weighted by Crippen LogP contribution is 2.33. The summed E-state index contributed by atoms with van der Waals surface area (Å²) in [5.41, 5.74) is 0.867. The Bertz CT molecular complexity index is 552. The zero-order chi connectivity index (χ0) is 14.4. The van der Waals surface area contributed by atoms with Gasteiger partial charge in [-0.05, 0) is 30.2 Å². The van der Waals surface area contributed by atoms with Crippen LogP contribution in [0.25, 0.3) is 10.8 Å². The highest BCUT2D eigenvalue weighted by molar-refractivity contribution is 7.99. The predicted molar refractivity (Wildman–Crippen MR) is 87.7 cm³/mol. The summed E-state index contributed by atoms with van der Waals surface area (Å²) in [6, 6.07) is 12.2. The van der Waals surface area contributed by atoms with Crippen molar-refractivity contribution in [3.63, 3.8) is 0 Å². The van der Waals surface area contributed by atoms with Crippen LogP contribution >= 0.6 is 11.8 Å². The molecule has 0 bridgehead atoms. The zero-order valence-electron chi connectivity index (χ0n) is 12.1. The van der Waals surface area contributed by atoms with E-state index in [1.54, 1.807) is 6.92 Å². The molecule has 2 nitrogen and oxygen atoms in total. The normalized spacial score (nSPS) is 12.6. The molecular formula is C17H22O2S. The number of benzene rings is 2. The smallest absolute Gasteiger partial charge is 0.132 e. The molecule has 0 amide bonds. The standard InChI is InChI=1S/C17H22O2S/c1-3-20-12-6-11-19-17-15(13(2)18)10-9-14-7-4-5-8-16(14)17/h4-5,7-10,13,18H,3,6,11-12H2,1-2H3/t13-/m0/s1. The Morgan fingerprint density at radius 2 is 2.00 bits per heavy atom. The molecule has 108 valence electrons. The largest absolute Gasteiger partial charge is 0.493 e. The van der Waals surface area contributed by atoms with Crippen LogP contribution < -0.4 is 4.74 Å². The lowest BCUT2D eigenvalue weighted by atomic mass is 10.0. The van der Waals surface area contributed by atoms with Gasteiger partial charge < -0.3 is 9.84 Å². The van der Waals surface area contributed by atoms with E-state index < -0.39 is 6.10 Å². The first-order valence-electron chi connectivity index (χ1n) is 7.14. The summed E-state index contributed by atoms with van der Waals surface area (Å²) in [5, 5.41) is 12.1. The molecule has 3 heteroatoms. The van der Waals surface area contributed by atoms with Gasteiger partial charge in [-0.1, -0.05) is 43.3 Å². The van der Waals surface area contributed by atoms with Gasteiger partial charge in [0.25, 0.3) is 0 Å². The van der Waals surface area contributed by atoms with Crippen LogP contribution in [0.3, 0.4) is 0 Å². The number of ether oxygens (including phenoxy) is 1. The lowest BCUT2D eigenvalue weighted by molar-refractivity contribution is 0.192. The number of aliphatic hydroxyl groups is 1. The van der Waals surface area contributed by atoms with Gasteiger partial charge in [-0.3, -0.25) is 0 Å². The summed E-state index contributed by atoms with van der Waals surface area (Å²) in [4.78, 5) is 0. The van der Waals surface area contributed by atoms with Crippen molar-refractivity contribution < 1.29 is 9.84 Å². The van der Waals surface area contributed by atoms with Crippen LogP contribution in [-0.2, 0) is 0 Å². The summed E-state index contributed by atoms with van der Waals surface area (Å²) in [6.45, 7) is 4.65. The van der Waals surface area contributed by atoms with E-state index >= 15 is 0 Å². The first kappa shape index (κ1) is 15.2. The van der Waals surface area contributed by atoms with Crippen LogP contribution in [0.1, 0.15) is 31.9 Å². The van der Waals surface area contributed by atoms with Crippen LogP contribution in [0.15, 0.2) is 36.4 Å². The van der Waals surface area contributed by atoms with Gasteiger partial charge >= 0.3 is 0 Å². The SMILES string of the molecule is CCSCCCOc1c([C@H](C)O)ccc2ccccc12. The molecule has 0 aromatic heterocycles. The molecule has 0 fully saturated rings. The Balaban J connectivity index is 2.21. The third-order valence-electron chi connectivity index (χ3n) is 3.24. The lowest BCUT2D eigenvalue weighted by Crippen LogP contribution is -2.04. The Kier molecular flexibility index (Phi) is 5.74. The molecule has 0 aliphatic heterocycles. The molecule has 2 aromatic rings. The van der Waals surface area contributed by atoms with Gasteiger partial charge in [-0.2, -0.15) is 11.8 Å². The highest BCUT2D eigenvalue weighted by atomic mass is 32.2. The summed E-state index contributed by atoms with van der Waals surface area (Å²) < 4.78 is 5.98.